The van der Waals surface area contributed by atoms with E-state index in [-0.39, 0.29) is 11.4 Å². The fourth-order valence-corrected chi connectivity index (χ4v) is 0.982. The maximum Gasteiger partial charge on any atom is 0.253 e. The van der Waals surface area contributed by atoms with Crippen molar-refractivity contribution in [2.24, 2.45) is 7.05 Å². The molecule has 1 heterocycles. The van der Waals surface area contributed by atoms with E-state index in [1.807, 2.05) is 0 Å². The lowest BCUT2D eigenvalue weighted by Crippen LogP contribution is -2.18. The molecule has 4 heteroatoms. The summed E-state index contributed by atoms with van der Waals surface area (Å²) in [5, 5.41) is 0. The summed E-state index contributed by atoms with van der Waals surface area (Å²) in [6, 6.07) is 2.76. The molecule has 0 aromatic carbocycles. The summed E-state index contributed by atoms with van der Waals surface area (Å²) < 4.78 is 6.16. The molecule has 0 aliphatic rings. The Labute approximate surface area is 69.4 Å². The van der Waals surface area contributed by atoms with E-state index >= 15 is 0 Å². The highest BCUT2D eigenvalue weighted by Gasteiger charge is 2.05. The summed E-state index contributed by atoms with van der Waals surface area (Å²) in [6.07, 6.45) is 0.651. The lowest BCUT2D eigenvalue weighted by atomic mass is 10.3. The molecule has 1 aromatic heterocycles. The van der Waals surface area contributed by atoms with Crippen molar-refractivity contribution < 1.29 is 9.53 Å². The van der Waals surface area contributed by atoms with E-state index < -0.39 is 0 Å². The van der Waals surface area contributed by atoms with Crippen LogP contribution in [0, 0.1) is 0 Å². The number of aromatic nitrogens is 1. The predicted molar refractivity (Wildman–Crippen MR) is 43.6 cm³/mol. The van der Waals surface area contributed by atoms with Crippen LogP contribution in [0.3, 0.4) is 0 Å². The van der Waals surface area contributed by atoms with E-state index in [9.17, 15) is 9.59 Å². The summed E-state index contributed by atoms with van der Waals surface area (Å²) in [5.41, 5.74) is 0.178. The Hall–Kier alpha value is -1.58. The average Bonchev–Trinajstić information content (AvgIpc) is 2.09. The van der Waals surface area contributed by atoms with Gasteiger partial charge in [0.1, 0.15) is 0 Å². The number of pyridine rings is 1. The van der Waals surface area contributed by atoms with Crippen LogP contribution < -0.4 is 10.3 Å². The molecule has 0 saturated heterocycles. The van der Waals surface area contributed by atoms with Crippen LogP contribution in [0.4, 0.5) is 0 Å². The molecule has 12 heavy (non-hydrogen) atoms. The van der Waals surface area contributed by atoms with Gasteiger partial charge in [-0.05, 0) is 6.07 Å². The molecule has 0 N–H and O–H groups in total. The minimum atomic E-state index is -0.197. The third-order valence-electron chi connectivity index (χ3n) is 1.61. The topological polar surface area (TPSA) is 48.3 Å². The highest BCUT2D eigenvalue weighted by Crippen LogP contribution is 2.10. The number of methoxy groups -OCH3 is 1. The normalized spacial score (nSPS) is 9.50. The average molecular weight is 167 g/mol. The maximum atomic E-state index is 11.0. The van der Waals surface area contributed by atoms with Crippen molar-refractivity contribution in [3.8, 4) is 5.88 Å². The maximum absolute atomic E-state index is 11.0. The van der Waals surface area contributed by atoms with E-state index in [0.29, 0.717) is 11.8 Å². The lowest BCUT2D eigenvalue weighted by Gasteiger charge is -2.07. The van der Waals surface area contributed by atoms with Crippen molar-refractivity contribution in [2.75, 3.05) is 7.11 Å². The fraction of sp³-hybridized carbons (Fsp3) is 0.250. The van der Waals surface area contributed by atoms with Crippen molar-refractivity contribution in [2.45, 2.75) is 0 Å². The molecular weight excluding hydrogens is 158 g/mol. The minimum Gasteiger partial charge on any atom is -0.482 e. The van der Waals surface area contributed by atoms with E-state index in [1.54, 1.807) is 7.05 Å². The van der Waals surface area contributed by atoms with Gasteiger partial charge in [0.2, 0.25) is 5.88 Å². The van der Waals surface area contributed by atoms with Gasteiger partial charge in [-0.15, -0.1) is 0 Å². The van der Waals surface area contributed by atoms with Gasteiger partial charge in [0, 0.05) is 13.1 Å². The van der Waals surface area contributed by atoms with Crippen molar-refractivity contribution in [3.05, 3.63) is 28.0 Å². The largest absolute Gasteiger partial charge is 0.482 e. The first kappa shape index (κ1) is 8.52. The summed E-state index contributed by atoms with van der Waals surface area (Å²) >= 11 is 0. The van der Waals surface area contributed by atoms with Crippen LogP contribution in [0.15, 0.2) is 16.9 Å². The van der Waals surface area contributed by atoms with E-state index in [0.717, 1.165) is 0 Å². The number of carbonyl (C=O) groups excluding carboxylic acids is 1. The second-order valence-corrected chi connectivity index (χ2v) is 2.31. The van der Waals surface area contributed by atoms with Gasteiger partial charge in [0.05, 0.1) is 12.7 Å². The smallest absolute Gasteiger partial charge is 0.253 e. The van der Waals surface area contributed by atoms with Crippen LogP contribution in [0.25, 0.3) is 0 Å². The minimum absolute atomic E-state index is 0.197. The first-order valence-corrected chi connectivity index (χ1v) is 3.40. The van der Waals surface area contributed by atoms with Crippen LogP contribution in [0.1, 0.15) is 10.4 Å². The fourth-order valence-electron chi connectivity index (χ4n) is 0.982. The molecule has 0 unspecified atom stereocenters. The molecule has 0 spiro atoms. The molecule has 0 radical (unpaired) electrons. The van der Waals surface area contributed by atoms with Crippen molar-refractivity contribution in [1.82, 2.24) is 4.57 Å². The highest BCUT2D eigenvalue weighted by atomic mass is 16.5. The van der Waals surface area contributed by atoms with Gasteiger partial charge in [0.15, 0.2) is 6.29 Å². The summed E-state index contributed by atoms with van der Waals surface area (Å²) in [6.45, 7) is 0. The SMILES string of the molecule is COc1c(C=O)ccc(=O)n1C. The van der Waals surface area contributed by atoms with Gasteiger partial charge >= 0.3 is 0 Å². The van der Waals surface area contributed by atoms with Crippen molar-refractivity contribution >= 4 is 6.29 Å². The van der Waals surface area contributed by atoms with E-state index in [4.69, 9.17) is 4.74 Å². The van der Waals surface area contributed by atoms with Crippen molar-refractivity contribution in [3.63, 3.8) is 0 Å². The van der Waals surface area contributed by atoms with Crippen LogP contribution in [-0.2, 0) is 7.05 Å². The highest BCUT2D eigenvalue weighted by molar-refractivity contribution is 5.78. The Morgan fingerprint density at radius 2 is 2.17 bits per heavy atom. The Morgan fingerprint density at radius 3 is 2.67 bits per heavy atom. The molecule has 0 aliphatic carbocycles. The Kier molecular flexibility index (Phi) is 2.28. The zero-order chi connectivity index (χ0) is 9.14. The quantitative estimate of drug-likeness (QED) is 0.591. The van der Waals surface area contributed by atoms with Gasteiger partial charge in [-0.1, -0.05) is 0 Å². The monoisotopic (exact) mass is 167 g/mol. The molecule has 4 nitrogen and oxygen atoms in total. The molecule has 64 valence electrons. The second-order valence-electron chi connectivity index (χ2n) is 2.31. The van der Waals surface area contributed by atoms with Gasteiger partial charge in [-0.3, -0.25) is 14.2 Å². The van der Waals surface area contributed by atoms with Crippen LogP contribution in [0.2, 0.25) is 0 Å². The summed E-state index contributed by atoms with van der Waals surface area (Å²) in [4.78, 5) is 21.5. The number of ether oxygens (including phenoxy) is 1. The lowest BCUT2D eigenvalue weighted by molar-refractivity contribution is 0.111. The molecule has 1 rings (SSSR count). The number of hydrogen-bond donors (Lipinski definition) is 0. The molecule has 1 aromatic rings. The molecule has 0 fully saturated rings. The van der Waals surface area contributed by atoms with E-state index in [2.05, 4.69) is 0 Å². The summed E-state index contributed by atoms with van der Waals surface area (Å²) in [7, 11) is 2.97. The van der Waals surface area contributed by atoms with Crippen molar-refractivity contribution in [1.29, 1.82) is 0 Å². The Balaban J connectivity index is 3.45. The Bertz CT molecular complexity index is 354. The molecule has 0 saturated carbocycles. The third kappa shape index (κ3) is 1.23. The van der Waals surface area contributed by atoms with Crippen LogP contribution >= 0.6 is 0 Å². The second kappa shape index (κ2) is 3.21. The number of rotatable bonds is 2. The molecular formula is C8H9NO3. The first-order chi connectivity index (χ1) is 5.70. The molecule has 0 amide bonds. The third-order valence-corrected chi connectivity index (χ3v) is 1.61. The molecule has 0 atom stereocenters. The predicted octanol–water partition coefficient (Wildman–Crippen LogP) is 0.206. The number of aldehydes is 1. The van der Waals surface area contributed by atoms with Gasteiger partial charge in [-0.2, -0.15) is 0 Å². The zero-order valence-electron chi connectivity index (χ0n) is 6.90. The van der Waals surface area contributed by atoms with Gasteiger partial charge in [0.25, 0.3) is 5.56 Å². The Morgan fingerprint density at radius 1 is 1.50 bits per heavy atom. The number of hydrogen-bond acceptors (Lipinski definition) is 3. The first-order valence-electron chi connectivity index (χ1n) is 3.40. The molecule has 0 bridgehead atoms. The molecule has 0 aliphatic heterocycles. The number of nitrogens with zero attached hydrogens (tertiary/aromatic N) is 1. The van der Waals surface area contributed by atoms with Gasteiger partial charge < -0.3 is 4.74 Å². The van der Waals surface area contributed by atoms with E-state index in [1.165, 1.54) is 23.8 Å². The van der Waals surface area contributed by atoms with Gasteiger partial charge in [-0.25, -0.2) is 0 Å². The summed E-state index contributed by atoms with van der Waals surface area (Å²) in [5.74, 6) is 0.289. The van der Waals surface area contributed by atoms with Crippen LogP contribution in [0.5, 0.6) is 5.88 Å². The zero-order valence-corrected chi connectivity index (χ0v) is 6.90. The van der Waals surface area contributed by atoms with Crippen LogP contribution in [-0.4, -0.2) is 18.0 Å². The number of carbonyl (C=O) groups is 1. The standard InChI is InChI=1S/C8H9NO3/c1-9-7(11)4-3-6(5-10)8(9)12-2/h3-5H,1-2H3.